The van der Waals surface area contributed by atoms with E-state index in [0.29, 0.717) is 6.04 Å². The zero-order chi connectivity index (χ0) is 14.6. The van der Waals surface area contributed by atoms with Gasteiger partial charge >= 0.3 is 0 Å². The quantitative estimate of drug-likeness (QED) is 0.525. The predicted molar refractivity (Wildman–Crippen MR) is 90.1 cm³/mol. The van der Waals surface area contributed by atoms with Gasteiger partial charge in [0.1, 0.15) is 0 Å². The van der Waals surface area contributed by atoms with Crippen molar-refractivity contribution in [1.82, 2.24) is 4.90 Å². The van der Waals surface area contributed by atoms with Crippen LogP contribution in [0, 0.1) is 0 Å². The first-order valence-electron chi connectivity index (χ1n) is 9.29. The summed E-state index contributed by atoms with van der Waals surface area (Å²) in [6.45, 7) is 6.63. The molecule has 120 valence electrons. The molecule has 0 aromatic rings. The van der Waals surface area contributed by atoms with Crippen molar-refractivity contribution in [2.75, 3.05) is 13.1 Å². The van der Waals surface area contributed by atoms with Crippen LogP contribution < -0.4 is 5.73 Å². The monoisotopic (exact) mass is 282 g/mol. The number of nitrogens with two attached hydrogens (primary N) is 1. The lowest BCUT2D eigenvalue weighted by Crippen LogP contribution is -2.45. The minimum absolute atomic E-state index is 0.638. The topological polar surface area (TPSA) is 29.3 Å². The Morgan fingerprint density at radius 3 is 2.10 bits per heavy atom. The van der Waals surface area contributed by atoms with E-state index in [1.807, 2.05) is 0 Å². The van der Waals surface area contributed by atoms with Gasteiger partial charge in [0, 0.05) is 18.6 Å². The first-order valence-corrected chi connectivity index (χ1v) is 9.29. The average molecular weight is 283 g/mol. The summed E-state index contributed by atoms with van der Waals surface area (Å²) in [5.74, 6) is 0. The predicted octanol–water partition coefficient (Wildman–Crippen LogP) is 4.72. The maximum Gasteiger partial charge on any atom is 0.0221 e. The fraction of sp³-hybridized carbons (Fsp3) is 1.00. The Labute approximate surface area is 127 Å². The molecule has 1 atom stereocenters. The lowest BCUT2D eigenvalue weighted by atomic mass is 10.0. The first kappa shape index (κ1) is 18.0. The van der Waals surface area contributed by atoms with Crippen LogP contribution >= 0.6 is 0 Å². The second kappa shape index (κ2) is 11.6. The molecule has 0 saturated heterocycles. The third-order valence-corrected chi connectivity index (χ3v) is 5.04. The molecule has 0 radical (unpaired) electrons. The molecule has 0 aliphatic heterocycles. The molecule has 0 heterocycles. The summed E-state index contributed by atoms with van der Waals surface area (Å²) in [5, 5.41) is 0. The van der Waals surface area contributed by atoms with E-state index in [1.165, 1.54) is 83.6 Å². The minimum Gasteiger partial charge on any atom is -0.329 e. The minimum atomic E-state index is 0.638. The van der Waals surface area contributed by atoms with E-state index < -0.39 is 0 Å². The number of hydrogen-bond donors (Lipinski definition) is 1. The Balaban J connectivity index is 2.16. The number of unbranched alkanes of at least 4 members (excludes halogenated alkanes) is 6. The largest absolute Gasteiger partial charge is 0.329 e. The van der Waals surface area contributed by atoms with Crippen LogP contribution in [0.4, 0.5) is 0 Å². The molecule has 1 fully saturated rings. The highest BCUT2D eigenvalue weighted by molar-refractivity contribution is 4.82. The van der Waals surface area contributed by atoms with Gasteiger partial charge in [-0.1, -0.05) is 71.6 Å². The Kier molecular flexibility index (Phi) is 10.4. The smallest absolute Gasteiger partial charge is 0.0221 e. The second-order valence-corrected chi connectivity index (χ2v) is 6.57. The van der Waals surface area contributed by atoms with Crippen molar-refractivity contribution in [1.29, 1.82) is 0 Å². The van der Waals surface area contributed by atoms with Gasteiger partial charge in [0.15, 0.2) is 0 Å². The normalized spacial score (nSPS) is 18.0. The van der Waals surface area contributed by atoms with Crippen LogP contribution in [0.2, 0.25) is 0 Å². The van der Waals surface area contributed by atoms with Crippen molar-refractivity contribution in [2.45, 2.75) is 103 Å². The van der Waals surface area contributed by atoms with Crippen LogP contribution in [0.5, 0.6) is 0 Å². The lowest BCUT2D eigenvalue weighted by Gasteiger charge is -2.35. The molecule has 0 aromatic heterocycles. The highest BCUT2D eigenvalue weighted by atomic mass is 15.2. The van der Waals surface area contributed by atoms with Gasteiger partial charge in [0.25, 0.3) is 0 Å². The van der Waals surface area contributed by atoms with Gasteiger partial charge < -0.3 is 5.73 Å². The number of likely N-dealkylation sites (N-methyl/N-ethyl adjacent to an activating group) is 1. The van der Waals surface area contributed by atoms with Crippen LogP contribution in [-0.4, -0.2) is 30.1 Å². The molecule has 1 aliphatic carbocycles. The summed E-state index contributed by atoms with van der Waals surface area (Å²) in [6, 6.07) is 1.47. The number of hydrogen-bond acceptors (Lipinski definition) is 2. The van der Waals surface area contributed by atoms with Crippen molar-refractivity contribution in [3.05, 3.63) is 0 Å². The van der Waals surface area contributed by atoms with Crippen LogP contribution in [0.3, 0.4) is 0 Å². The fourth-order valence-electron chi connectivity index (χ4n) is 3.81. The molecular weight excluding hydrogens is 244 g/mol. The molecule has 0 aromatic carbocycles. The number of rotatable bonds is 12. The molecule has 2 heteroatoms. The molecule has 1 aliphatic rings. The van der Waals surface area contributed by atoms with E-state index in [-0.39, 0.29) is 0 Å². The maximum atomic E-state index is 6.06. The molecule has 0 spiro atoms. The highest BCUT2D eigenvalue weighted by Crippen LogP contribution is 2.26. The van der Waals surface area contributed by atoms with Crippen molar-refractivity contribution >= 4 is 0 Å². The Hall–Kier alpha value is -0.0800. The van der Waals surface area contributed by atoms with Gasteiger partial charge in [-0.15, -0.1) is 0 Å². The van der Waals surface area contributed by atoms with Crippen LogP contribution in [0.25, 0.3) is 0 Å². The summed E-state index contributed by atoms with van der Waals surface area (Å²) >= 11 is 0. The van der Waals surface area contributed by atoms with E-state index in [9.17, 15) is 0 Å². The van der Waals surface area contributed by atoms with Crippen LogP contribution in [0.15, 0.2) is 0 Å². The van der Waals surface area contributed by atoms with Crippen LogP contribution in [-0.2, 0) is 0 Å². The molecule has 2 N–H and O–H groups in total. The molecule has 1 saturated carbocycles. The summed E-state index contributed by atoms with van der Waals surface area (Å²) in [4.78, 5) is 2.71. The molecule has 20 heavy (non-hydrogen) atoms. The summed E-state index contributed by atoms with van der Waals surface area (Å²) in [7, 11) is 0. The molecule has 1 unspecified atom stereocenters. The summed E-state index contributed by atoms with van der Waals surface area (Å²) in [5.41, 5.74) is 6.06. The SMILES string of the molecule is CCCCCCCCCC(CN)N(CC)C1CCCC1. The molecule has 0 amide bonds. The van der Waals surface area contributed by atoms with Gasteiger partial charge in [-0.25, -0.2) is 0 Å². The zero-order valence-electron chi connectivity index (χ0n) is 14.1. The van der Waals surface area contributed by atoms with Gasteiger partial charge in [0.05, 0.1) is 0 Å². The Bertz CT molecular complexity index is 211. The third kappa shape index (κ3) is 6.58. The highest BCUT2D eigenvalue weighted by Gasteiger charge is 2.26. The zero-order valence-corrected chi connectivity index (χ0v) is 14.1. The van der Waals surface area contributed by atoms with Gasteiger partial charge in [-0.2, -0.15) is 0 Å². The van der Waals surface area contributed by atoms with Crippen molar-refractivity contribution in [3.8, 4) is 0 Å². The standard InChI is InChI=1S/C18H38N2/c1-3-5-6-7-8-9-10-15-18(16-19)20(4-2)17-13-11-12-14-17/h17-18H,3-16,19H2,1-2H3. The maximum absolute atomic E-state index is 6.06. The van der Waals surface area contributed by atoms with E-state index >= 15 is 0 Å². The average Bonchev–Trinajstić information content (AvgIpc) is 2.99. The van der Waals surface area contributed by atoms with E-state index in [4.69, 9.17) is 5.73 Å². The van der Waals surface area contributed by atoms with Gasteiger partial charge in [-0.05, 0) is 25.8 Å². The van der Waals surface area contributed by atoms with E-state index in [0.717, 1.165) is 12.6 Å². The first-order chi connectivity index (χ1) is 9.83. The third-order valence-electron chi connectivity index (χ3n) is 5.04. The summed E-state index contributed by atoms with van der Waals surface area (Å²) < 4.78 is 0. The molecular formula is C18H38N2. The fourth-order valence-corrected chi connectivity index (χ4v) is 3.81. The molecule has 1 rings (SSSR count). The van der Waals surface area contributed by atoms with Crippen molar-refractivity contribution < 1.29 is 0 Å². The van der Waals surface area contributed by atoms with Crippen molar-refractivity contribution in [3.63, 3.8) is 0 Å². The molecule has 2 nitrogen and oxygen atoms in total. The Morgan fingerprint density at radius 2 is 1.55 bits per heavy atom. The lowest BCUT2D eigenvalue weighted by molar-refractivity contribution is 0.137. The van der Waals surface area contributed by atoms with Gasteiger partial charge in [0.2, 0.25) is 0 Å². The number of nitrogens with zero attached hydrogens (tertiary/aromatic N) is 1. The molecule has 0 bridgehead atoms. The van der Waals surface area contributed by atoms with E-state index in [2.05, 4.69) is 18.7 Å². The summed E-state index contributed by atoms with van der Waals surface area (Å²) in [6.07, 6.45) is 16.8. The van der Waals surface area contributed by atoms with Gasteiger partial charge in [-0.3, -0.25) is 4.90 Å². The van der Waals surface area contributed by atoms with Crippen LogP contribution in [0.1, 0.15) is 90.9 Å². The second-order valence-electron chi connectivity index (χ2n) is 6.57. The van der Waals surface area contributed by atoms with E-state index in [1.54, 1.807) is 0 Å². The Morgan fingerprint density at radius 1 is 0.950 bits per heavy atom. The van der Waals surface area contributed by atoms with Crippen molar-refractivity contribution in [2.24, 2.45) is 5.73 Å².